The smallest absolute Gasteiger partial charge is 0.244 e. The van der Waals surface area contributed by atoms with Crippen molar-refractivity contribution in [3.05, 3.63) is 35.9 Å². The van der Waals surface area contributed by atoms with Crippen molar-refractivity contribution in [3.63, 3.8) is 0 Å². The fraction of sp³-hybridized carbons (Fsp3) is 0.588. The van der Waals surface area contributed by atoms with E-state index in [0.717, 1.165) is 13.0 Å². The molecule has 0 aromatic heterocycles. The van der Waals surface area contributed by atoms with Gasteiger partial charge in [-0.2, -0.15) is 0 Å². The Morgan fingerprint density at radius 3 is 2.55 bits per heavy atom. The van der Waals surface area contributed by atoms with Gasteiger partial charge in [0, 0.05) is 6.54 Å². The summed E-state index contributed by atoms with van der Waals surface area (Å²) < 4.78 is 0. The van der Waals surface area contributed by atoms with Crippen LogP contribution < -0.4 is 5.32 Å². The first-order valence-electron chi connectivity index (χ1n) is 7.78. The molecule has 1 aromatic carbocycles. The molecule has 1 amide bonds. The van der Waals surface area contributed by atoms with Crippen LogP contribution in [0.25, 0.3) is 0 Å². The molecule has 2 fully saturated rings. The number of amides is 1. The molecule has 2 aliphatic rings. The number of nitrogens with one attached hydrogen (secondary N) is 1. The minimum absolute atomic E-state index is 0.0363. The third-order valence-electron chi connectivity index (χ3n) is 5.00. The second kappa shape index (κ2) is 5.21. The number of hydrogen-bond acceptors (Lipinski definition) is 2. The molecular weight excluding hydrogens is 248 g/mol. The molecule has 2 unspecified atom stereocenters. The van der Waals surface area contributed by atoms with E-state index in [-0.39, 0.29) is 12.1 Å². The van der Waals surface area contributed by atoms with E-state index in [4.69, 9.17) is 0 Å². The Morgan fingerprint density at radius 2 is 2.00 bits per heavy atom. The summed E-state index contributed by atoms with van der Waals surface area (Å²) in [7, 11) is 0. The zero-order chi connectivity index (χ0) is 14.2. The summed E-state index contributed by atoms with van der Waals surface area (Å²) in [5, 5.41) is 3.56. The number of carbonyl (C=O) groups is 1. The van der Waals surface area contributed by atoms with Gasteiger partial charge in [0.1, 0.15) is 6.17 Å². The molecule has 3 nitrogen and oxygen atoms in total. The number of nitrogens with zero attached hydrogens (tertiary/aromatic N) is 1. The average molecular weight is 272 g/mol. The molecule has 0 bridgehead atoms. The molecule has 3 rings (SSSR count). The molecule has 1 aromatic rings. The summed E-state index contributed by atoms with van der Waals surface area (Å²) in [5.74, 6) is 0.965. The van der Waals surface area contributed by atoms with Crippen molar-refractivity contribution in [2.75, 3.05) is 6.54 Å². The molecular formula is C17H24N2O. The Bertz CT molecular complexity index is 483. The third-order valence-corrected chi connectivity index (χ3v) is 5.00. The predicted octanol–water partition coefficient (Wildman–Crippen LogP) is 3.09. The zero-order valence-electron chi connectivity index (χ0n) is 12.4. The van der Waals surface area contributed by atoms with Gasteiger partial charge in [-0.15, -0.1) is 0 Å². The monoisotopic (exact) mass is 272 g/mol. The van der Waals surface area contributed by atoms with Crippen molar-refractivity contribution in [1.29, 1.82) is 0 Å². The Kier molecular flexibility index (Phi) is 3.55. The lowest BCUT2D eigenvalue weighted by molar-refractivity contribution is -0.134. The summed E-state index contributed by atoms with van der Waals surface area (Å²) in [4.78, 5) is 14.9. The number of rotatable bonds is 4. The lowest BCUT2D eigenvalue weighted by atomic mass is 9.85. The highest BCUT2D eigenvalue weighted by atomic mass is 16.2. The highest BCUT2D eigenvalue weighted by Gasteiger charge is 2.47. The van der Waals surface area contributed by atoms with Gasteiger partial charge < -0.3 is 4.90 Å². The van der Waals surface area contributed by atoms with E-state index in [1.54, 1.807) is 0 Å². The topological polar surface area (TPSA) is 32.3 Å². The van der Waals surface area contributed by atoms with Crippen LogP contribution in [0.3, 0.4) is 0 Å². The van der Waals surface area contributed by atoms with Gasteiger partial charge in [-0.3, -0.25) is 10.1 Å². The highest BCUT2D eigenvalue weighted by molar-refractivity contribution is 5.88. The standard InChI is InChI=1S/C17H24N2O/c1-3-17(2)16(20)19(12-13-8-7-9-13)15(18-17)14-10-5-4-6-11-14/h4-6,10-11,13,15,18H,3,7-9,12H2,1-2H3. The SMILES string of the molecule is CCC1(C)NC(c2ccccc2)N(CC2CCC2)C1=O. The number of carbonyl (C=O) groups excluding carboxylic acids is 1. The van der Waals surface area contributed by atoms with Crippen LogP contribution in [-0.2, 0) is 4.79 Å². The fourth-order valence-electron chi connectivity index (χ4n) is 3.17. The van der Waals surface area contributed by atoms with Crippen molar-refractivity contribution in [3.8, 4) is 0 Å². The largest absolute Gasteiger partial charge is 0.321 e. The minimum atomic E-state index is -0.412. The molecule has 1 saturated heterocycles. The Morgan fingerprint density at radius 1 is 1.30 bits per heavy atom. The van der Waals surface area contributed by atoms with E-state index in [2.05, 4.69) is 29.3 Å². The van der Waals surface area contributed by atoms with Gasteiger partial charge in [-0.1, -0.05) is 43.7 Å². The van der Waals surface area contributed by atoms with E-state index >= 15 is 0 Å². The summed E-state index contributed by atoms with van der Waals surface area (Å²) in [5.41, 5.74) is 0.780. The maximum Gasteiger partial charge on any atom is 0.244 e. The van der Waals surface area contributed by atoms with Crippen LogP contribution in [0.5, 0.6) is 0 Å². The maximum absolute atomic E-state index is 12.8. The molecule has 1 N–H and O–H groups in total. The second-order valence-corrected chi connectivity index (χ2v) is 6.40. The summed E-state index contributed by atoms with van der Waals surface area (Å²) in [6.07, 6.45) is 4.73. The number of benzene rings is 1. The van der Waals surface area contributed by atoms with Crippen LogP contribution in [0.4, 0.5) is 0 Å². The van der Waals surface area contributed by atoms with Gasteiger partial charge in [0.2, 0.25) is 5.91 Å². The molecule has 1 saturated carbocycles. The fourth-order valence-corrected chi connectivity index (χ4v) is 3.17. The van der Waals surface area contributed by atoms with E-state index in [1.807, 2.05) is 25.1 Å². The van der Waals surface area contributed by atoms with Crippen molar-refractivity contribution in [2.24, 2.45) is 5.92 Å². The highest BCUT2D eigenvalue weighted by Crippen LogP contribution is 2.36. The van der Waals surface area contributed by atoms with Crippen molar-refractivity contribution in [1.82, 2.24) is 10.2 Å². The first kappa shape index (κ1) is 13.6. The van der Waals surface area contributed by atoms with Crippen LogP contribution in [0.1, 0.15) is 51.3 Å². The van der Waals surface area contributed by atoms with Crippen LogP contribution >= 0.6 is 0 Å². The van der Waals surface area contributed by atoms with Crippen molar-refractivity contribution in [2.45, 2.75) is 51.2 Å². The normalized spacial score (nSPS) is 30.6. The molecule has 0 spiro atoms. The quantitative estimate of drug-likeness (QED) is 0.913. The second-order valence-electron chi connectivity index (χ2n) is 6.40. The van der Waals surface area contributed by atoms with E-state index in [1.165, 1.54) is 24.8 Å². The molecule has 3 heteroatoms. The van der Waals surface area contributed by atoms with Gasteiger partial charge in [-0.25, -0.2) is 0 Å². The Labute approximate surface area is 121 Å². The maximum atomic E-state index is 12.8. The van der Waals surface area contributed by atoms with Gasteiger partial charge in [0.05, 0.1) is 5.54 Å². The summed E-state index contributed by atoms with van der Waals surface area (Å²) in [6.45, 7) is 5.02. The first-order chi connectivity index (χ1) is 9.64. The van der Waals surface area contributed by atoms with Gasteiger partial charge >= 0.3 is 0 Å². The van der Waals surface area contributed by atoms with E-state index in [0.29, 0.717) is 5.92 Å². The van der Waals surface area contributed by atoms with Crippen LogP contribution in [-0.4, -0.2) is 22.9 Å². The Balaban J connectivity index is 1.87. The lowest BCUT2D eigenvalue weighted by Gasteiger charge is -2.33. The van der Waals surface area contributed by atoms with Crippen LogP contribution in [0.2, 0.25) is 0 Å². The van der Waals surface area contributed by atoms with Crippen molar-refractivity contribution < 1.29 is 4.79 Å². The molecule has 1 aliphatic carbocycles. The minimum Gasteiger partial charge on any atom is -0.321 e. The number of hydrogen-bond donors (Lipinski definition) is 1. The molecule has 2 atom stereocenters. The van der Waals surface area contributed by atoms with Crippen LogP contribution in [0, 0.1) is 5.92 Å². The molecule has 1 heterocycles. The molecule has 20 heavy (non-hydrogen) atoms. The van der Waals surface area contributed by atoms with Crippen molar-refractivity contribution >= 4 is 5.91 Å². The zero-order valence-corrected chi connectivity index (χ0v) is 12.4. The van der Waals surface area contributed by atoms with Gasteiger partial charge in [0.25, 0.3) is 0 Å². The Hall–Kier alpha value is -1.35. The van der Waals surface area contributed by atoms with E-state index in [9.17, 15) is 4.79 Å². The van der Waals surface area contributed by atoms with Gasteiger partial charge in [0.15, 0.2) is 0 Å². The molecule has 1 aliphatic heterocycles. The van der Waals surface area contributed by atoms with E-state index < -0.39 is 5.54 Å². The average Bonchev–Trinajstić information content (AvgIpc) is 2.69. The summed E-state index contributed by atoms with van der Waals surface area (Å²) >= 11 is 0. The molecule has 0 radical (unpaired) electrons. The molecule has 108 valence electrons. The van der Waals surface area contributed by atoms with Gasteiger partial charge in [-0.05, 0) is 37.7 Å². The predicted molar refractivity (Wildman–Crippen MR) is 80.1 cm³/mol. The third kappa shape index (κ3) is 2.24. The summed E-state index contributed by atoms with van der Waals surface area (Å²) in [6, 6.07) is 10.3. The lowest BCUT2D eigenvalue weighted by Crippen LogP contribution is -2.43. The first-order valence-corrected chi connectivity index (χ1v) is 7.78. The van der Waals surface area contributed by atoms with Crippen LogP contribution in [0.15, 0.2) is 30.3 Å².